The van der Waals surface area contributed by atoms with E-state index in [0.29, 0.717) is 5.69 Å². The Morgan fingerprint density at radius 3 is 2.58 bits per heavy atom. The predicted molar refractivity (Wildman–Crippen MR) is 37.8 cm³/mol. The second kappa shape index (κ2) is 3.35. The van der Waals surface area contributed by atoms with E-state index in [1.54, 1.807) is 0 Å². The molecule has 12 heavy (non-hydrogen) atoms. The molecule has 1 aromatic rings. The van der Waals surface area contributed by atoms with Crippen molar-refractivity contribution in [2.75, 3.05) is 0 Å². The normalized spacial score (nSPS) is 12.0. The van der Waals surface area contributed by atoms with Crippen LogP contribution < -0.4 is 0 Å². The Hall–Kier alpha value is -0.710. The number of hydrogen-bond donors (Lipinski definition) is 0. The van der Waals surface area contributed by atoms with Gasteiger partial charge < -0.3 is 0 Å². The van der Waals surface area contributed by atoms with E-state index in [-0.39, 0.29) is 5.88 Å². The van der Waals surface area contributed by atoms with Gasteiger partial charge in [-0.2, -0.15) is 18.3 Å². The maximum absolute atomic E-state index is 11.8. The molecule has 1 heterocycles. The first-order valence-corrected chi connectivity index (χ1v) is 3.70. The molecule has 0 saturated heterocycles. The van der Waals surface area contributed by atoms with Crippen LogP contribution in [-0.4, -0.2) is 16.0 Å². The molecule has 1 aromatic heterocycles. The first-order chi connectivity index (χ1) is 5.51. The van der Waals surface area contributed by atoms with Crippen LogP contribution in [-0.2, 0) is 12.4 Å². The molecule has 0 aliphatic carbocycles. The van der Waals surface area contributed by atoms with Crippen molar-refractivity contribution in [2.45, 2.75) is 18.6 Å². The Balaban J connectivity index is 2.64. The fourth-order valence-corrected chi connectivity index (χ4v) is 0.889. The van der Waals surface area contributed by atoms with Gasteiger partial charge in [-0.1, -0.05) is 0 Å². The molecule has 0 atom stereocenters. The summed E-state index contributed by atoms with van der Waals surface area (Å²) in [5.74, 6) is 0.130. The van der Waals surface area contributed by atoms with Crippen LogP contribution in [0.5, 0.6) is 0 Å². The van der Waals surface area contributed by atoms with E-state index >= 15 is 0 Å². The summed E-state index contributed by atoms with van der Waals surface area (Å²) in [6, 6.07) is 1.46. The molecule has 0 aromatic carbocycles. The van der Waals surface area contributed by atoms with Crippen molar-refractivity contribution in [3.63, 3.8) is 0 Å². The highest BCUT2D eigenvalue weighted by Gasteiger charge is 2.28. The highest BCUT2D eigenvalue weighted by molar-refractivity contribution is 6.16. The van der Waals surface area contributed by atoms with Gasteiger partial charge in [0.2, 0.25) is 0 Å². The van der Waals surface area contributed by atoms with Gasteiger partial charge in [-0.25, -0.2) is 0 Å². The molecule has 6 heteroatoms. The lowest BCUT2D eigenvalue weighted by atomic mass is 10.5. The predicted octanol–water partition coefficient (Wildman–Crippen LogP) is 2.18. The zero-order valence-electron chi connectivity index (χ0n) is 5.98. The number of hydrogen-bond acceptors (Lipinski definition) is 1. The third kappa shape index (κ3) is 2.73. The maximum Gasteiger partial charge on any atom is 0.408 e. The molecule has 0 fully saturated rings. The van der Waals surface area contributed by atoms with E-state index < -0.39 is 12.7 Å². The second-order valence-corrected chi connectivity index (χ2v) is 2.52. The van der Waals surface area contributed by atoms with Crippen molar-refractivity contribution in [2.24, 2.45) is 0 Å². The number of aromatic nitrogens is 2. The third-order valence-electron chi connectivity index (χ3n) is 1.17. The summed E-state index contributed by atoms with van der Waals surface area (Å²) >= 11 is 5.35. The van der Waals surface area contributed by atoms with Crippen LogP contribution >= 0.6 is 11.6 Å². The summed E-state index contributed by atoms with van der Waals surface area (Å²) in [4.78, 5) is 0. The van der Waals surface area contributed by atoms with E-state index in [0.717, 1.165) is 4.68 Å². The number of alkyl halides is 4. The summed E-state index contributed by atoms with van der Waals surface area (Å²) in [7, 11) is 0. The Kier molecular flexibility index (Phi) is 2.62. The molecule has 0 amide bonds. The van der Waals surface area contributed by atoms with E-state index in [2.05, 4.69) is 5.10 Å². The second-order valence-electron chi connectivity index (χ2n) is 2.25. The molecule has 0 spiro atoms. The van der Waals surface area contributed by atoms with Crippen LogP contribution in [0.15, 0.2) is 12.3 Å². The van der Waals surface area contributed by atoms with Crippen molar-refractivity contribution in [3.8, 4) is 0 Å². The first-order valence-electron chi connectivity index (χ1n) is 3.16. The molecule has 0 unspecified atom stereocenters. The lowest BCUT2D eigenvalue weighted by Crippen LogP contribution is -2.18. The highest BCUT2D eigenvalue weighted by atomic mass is 35.5. The van der Waals surface area contributed by atoms with Crippen molar-refractivity contribution in [1.29, 1.82) is 0 Å². The van der Waals surface area contributed by atoms with E-state index in [9.17, 15) is 13.2 Å². The molecule has 0 aliphatic heterocycles. The van der Waals surface area contributed by atoms with Gasteiger partial charge in [-0.05, 0) is 6.07 Å². The Morgan fingerprint density at radius 2 is 2.17 bits per heavy atom. The summed E-state index contributed by atoms with van der Waals surface area (Å²) in [6.07, 6.45) is -2.97. The SMILES string of the molecule is FC(F)(F)Cn1ccc(CCl)n1. The molecule has 0 aliphatic rings. The molecule has 0 bridgehead atoms. The Bertz CT molecular complexity index is 256. The Morgan fingerprint density at radius 1 is 1.50 bits per heavy atom. The van der Waals surface area contributed by atoms with E-state index in [1.165, 1.54) is 12.3 Å². The molecule has 0 N–H and O–H groups in total. The zero-order chi connectivity index (χ0) is 9.19. The van der Waals surface area contributed by atoms with Gasteiger partial charge in [0.15, 0.2) is 0 Å². The van der Waals surface area contributed by atoms with Gasteiger partial charge >= 0.3 is 6.18 Å². The van der Waals surface area contributed by atoms with E-state index in [4.69, 9.17) is 11.6 Å². The van der Waals surface area contributed by atoms with Crippen LogP contribution in [0.1, 0.15) is 5.69 Å². The number of rotatable bonds is 2. The minimum Gasteiger partial charge on any atom is -0.263 e. The van der Waals surface area contributed by atoms with Crippen molar-refractivity contribution >= 4 is 11.6 Å². The van der Waals surface area contributed by atoms with E-state index in [1.807, 2.05) is 0 Å². The lowest BCUT2D eigenvalue weighted by molar-refractivity contribution is -0.142. The van der Waals surface area contributed by atoms with Crippen LogP contribution in [0.2, 0.25) is 0 Å². The topological polar surface area (TPSA) is 17.8 Å². The average molecular weight is 199 g/mol. The van der Waals surface area contributed by atoms with Crippen molar-refractivity contribution < 1.29 is 13.2 Å². The quantitative estimate of drug-likeness (QED) is 0.666. The summed E-state index contributed by atoms with van der Waals surface area (Å²) in [6.45, 7) is -1.07. The molecule has 1 rings (SSSR count). The largest absolute Gasteiger partial charge is 0.408 e. The molecule has 0 saturated carbocycles. The van der Waals surface area contributed by atoms with Gasteiger partial charge in [-0.3, -0.25) is 4.68 Å². The minimum atomic E-state index is -4.23. The summed E-state index contributed by atoms with van der Waals surface area (Å²) in [5, 5.41) is 3.58. The Labute approximate surface area is 71.9 Å². The van der Waals surface area contributed by atoms with Gasteiger partial charge in [0.1, 0.15) is 6.54 Å². The zero-order valence-corrected chi connectivity index (χ0v) is 6.73. The first kappa shape index (κ1) is 9.38. The lowest BCUT2D eigenvalue weighted by Gasteiger charge is -2.04. The molecule has 2 nitrogen and oxygen atoms in total. The minimum absolute atomic E-state index is 0.130. The number of nitrogens with zero attached hydrogens (tertiary/aromatic N) is 2. The van der Waals surface area contributed by atoms with Crippen LogP contribution in [0.3, 0.4) is 0 Å². The highest BCUT2D eigenvalue weighted by Crippen LogP contribution is 2.16. The van der Waals surface area contributed by atoms with Gasteiger partial charge in [0, 0.05) is 6.20 Å². The average Bonchev–Trinajstić information content (AvgIpc) is 2.32. The summed E-state index contributed by atoms with van der Waals surface area (Å²) in [5.41, 5.74) is 0.445. The molecule has 68 valence electrons. The van der Waals surface area contributed by atoms with Gasteiger partial charge in [0.05, 0.1) is 11.6 Å². The summed E-state index contributed by atoms with van der Waals surface area (Å²) < 4.78 is 36.1. The van der Waals surface area contributed by atoms with Crippen LogP contribution in [0, 0.1) is 0 Å². The van der Waals surface area contributed by atoms with Crippen molar-refractivity contribution in [1.82, 2.24) is 9.78 Å². The van der Waals surface area contributed by atoms with Crippen LogP contribution in [0.25, 0.3) is 0 Å². The molecular weight excluding hydrogens is 193 g/mol. The molecule has 0 radical (unpaired) electrons. The smallest absolute Gasteiger partial charge is 0.263 e. The maximum atomic E-state index is 11.8. The standard InChI is InChI=1S/C6H6ClF3N2/c7-3-5-1-2-12(11-5)4-6(8,9)10/h1-2H,3-4H2. The fraction of sp³-hybridized carbons (Fsp3) is 0.500. The molecular formula is C6H6ClF3N2. The third-order valence-corrected chi connectivity index (χ3v) is 1.45. The van der Waals surface area contributed by atoms with Gasteiger partial charge in [0.25, 0.3) is 0 Å². The van der Waals surface area contributed by atoms with Crippen molar-refractivity contribution in [3.05, 3.63) is 18.0 Å². The fourth-order valence-electron chi connectivity index (χ4n) is 0.747. The monoisotopic (exact) mass is 198 g/mol. The number of halogens is 4. The van der Waals surface area contributed by atoms with Crippen LogP contribution in [0.4, 0.5) is 13.2 Å². The van der Waals surface area contributed by atoms with Gasteiger partial charge in [-0.15, -0.1) is 11.6 Å².